The fraction of sp³-hybridized carbons (Fsp3) is 0.908. The topological polar surface area (TPSA) is 114 Å². The highest BCUT2D eigenvalue weighted by Crippen LogP contribution is 2.38. The molecule has 0 saturated heterocycles. The van der Waals surface area contributed by atoms with Gasteiger partial charge < -0.3 is 28.5 Å². The van der Waals surface area contributed by atoms with Gasteiger partial charge in [0.05, 0.1) is 33.8 Å². The average molecular weight is 1080 g/mol. The lowest BCUT2D eigenvalue weighted by molar-refractivity contribution is -0.870. The first-order chi connectivity index (χ1) is 36.4. The van der Waals surface area contributed by atoms with Gasteiger partial charge in [0.2, 0.25) is 5.91 Å². The van der Waals surface area contributed by atoms with Crippen LogP contribution in [0.25, 0.3) is 0 Å². The number of amides is 1. The van der Waals surface area contributed by atoms with Gasteiger partial charge in [0, 0.05) is 12.8 Å². The molecule has 0 aromatic rings. The molecule has 0 aromatic heterocycles. The number of nitrogens with zero attached hydrogens (tertiary/aromatic N) is 1. The Morgan fingerprint density at radius 2 is 0.773 bits per heavy atom. The van der Waals surface area contributed by atoms with Crippen molar-refractivity contribution in [2.45, 2.75) is 341 Å². The van der Waals surface area contributed by atoms with Crippen LogP contribution in [0, 0.1) is 0 Å². The molecular formula is C65H127N2O7P. The molecule has 75 heavy (non-hydrogen) atoms. The maximum absolute atomic E-state index is 13.5. The molecule has 1 amide bonds. The number of hydrogen-bond acceptors (Lipinski definition) is 7. The summed E-state index contributed by atoms with van der Waals surface area (Å²) in [7, 11) is 1.19. The monoisotopic (exact) mass is 1080 g/mol. The third kappa shape index (κ3) is 57.0. The van der Waals surface area contributed by atoms with Crippen molar-refractivity contribution in [3.8, 4) is 0 Å². The summed E-state index contributed by atoms with van der Waals surface area (Å²) < 4.78 is 30.3. The molecule has 444 valence electrons. The van der Waals surface area contributed by atoms with E-state index in [2.05, 4.69) is 38.2 Å². The molecule has 0 aliphatic rings. The minimum atomic E-state index is -4.70. The Labute approximate surface area is 466 Å². The molecule has 0 aliphatic carbocycles. The summed E-state index contributed by atoms with van der Waals surface area (Å²) in [4.78, 5) is 40.0. The number of nitrogens with one attached hydrogen (secondary N) is 1. The van der Waals surface area contributed by atoms with E-state index in [0.717, 1.165) is 64.2 Å². The molecule has 9 nitrogen and oxygen atoms in total. The maximum atomic E-state index is 13.5. The smallest absolute Gasteiger partial charge is 0.306 e. The van der Waals surface area contributed by atoms with E-state index in [1.165, 1.54) is 225 Å². The summed E-state index contributed by atoms with van der Waals surface area (Å²) in [5.74, 6) is -0.542. The van der Waals surface area contributed by atoms with Gasteiger partial charge in [-0.3, -0.25) is 14.2 Å². The molecular weight excluding hydrogens is 952 g/mol. The van der Waals surface area contributed by atoms with Crippen LogP contribution >= 0.6 is 7.82 Å². The van der Waals surface area contributed by atoms with E-state index >= 15 is 0 Å². The molecule has 0 aliphatic heterocycles. The Kier molecular flexibility index (Phi) is 54.7. The van der Waals surface area contributed by atoms with Gasteiger partial charge in [-0.25, -0.2) is 0 Å². The predicted octanol–water partition coefficient (Wildman–Crippen LogP) is 19.5. The van der Waals surface area contributed by atoms with Crippen molar-refractivity contribution in [3.05, 3.63) is 24.3 Å². The van der Waals surface area contributed by atoms with Gasteiger partial charge in [-0.15, -0.1) is 0 Å². The van der Waals surface area contributed by atoms with E-state index in [1.54, 1.807) is 0 Å². The SMILES string of the molecule is CCCCCCCC/C=C\CCCCCC(=O)OC(/C=C\CCCCCCCCCCCCC)C(COP(=O)([O-])OCC[N+](C)(C)C)NC(=O)CCCCCCCCCCCCCCCCCCCCCCCCC. The Hall–Kier alpha value is -1.51. The van der Waals surface area contributed by atoms with Crippen LogP contribution in [-0.4, -0.2) is 69.4 Å². The number of ether oxygens (including phenoxy) is 1. The Morgan fingerprint density at radius 3 is 1.15 bits per heavy atom. The lowest BCUT2D eigenvalue weighted by Crippen LogP contribution is -2.47. The van der Waals surface area contributed by atoms with Crippen molar-refractivity contribution in [2.24, 2.45) is 0 Å². The van der Waals surface area contributed by atoms with Crippen molar-refractivity contribution in [1.82, 2.24) is 5.32 Å². The number of quaternary nitrogens is 1. The van der Waals surface area contributed by atoms with E-state index in [4.69, 9.17) is 13.8 Å². The highest BCUT2D eigenvalue weighted by atomic mass is 31.2. The summed E-state index contributed by atoms with van der Waals surface area (Å²) in [5.41, 5.74) is 0. The molecule has 0 bridgehead atoms. The lowest BCUT2D eigenvalue weighted by atomic mass is 10.0. The van der Waals surface area contributed by atoms with Crippen LogP contribution in [0.2, 0.25) is 0 Å². The molecule has 3 unspecified atom stereocenters. The third-order valence-corrected chi connectivity index (χ3v) is 15.8. The molecule has 0 aromatic carbocycles. The largest absolute Gasteiger partial charge is 0.756 e. The second kappa shape index (κ2) is 55.8. The molecule has 0 spiro atoms. The quantitative estimate of drug-likeness (QED) is 0.0212. The van der Waals surface area contributed by atoms with Crippen LogP contribution < -0.4 is 10.2 Å². The summed E-state index contributed by atoms with van der Waals surface area (Å²) in [6, 6.07) is -0.888. The molecule has 0 fully saturated rings. The Balaban J connectivity index is 5.12. The van der Waals surface area contributed by atoms with Gasteiger partial charge >= 0.3 is 5.97 Å². The second-order valence-electron chi connectivity index (χ2n) is 23.6. The Morgan fingerprint density at radius 1 is 0.453 bits per heavy atom. The average Bonchev–Trinajstić information content (AvgIpc) is 3.37. The van der Waals surface area contributed by atoms with Gasteiger partial charge in [0.15, 0.2) is 0 Å². The van der Waals surface area contributed by atoms with E-state index in [1.807, 2.05) is 33.3 Å². The van der Waals surface area contributed by atoms with Crippen molar-refractivity contribution in [1.29, 1.82) is 0 Å². The standard InChI is InChI=1S/C65H127N2O7P/c1-7-10-13-16-19-22-25-28-29-30-31-32-33-34-35-36-37-40-42-45-48-51-54-57-64(68)66-62(61-73-75(70,71)72-60-59-67(4,5)6)63(56-53-50-47-44-41-38-26-23-20-17-14-11-8-2)74-65(69)58-55-52-49-46-43-39-27-24-21-18-15-12-9-3/h39,43,53,56,62-63H,7-38,40-42,44-52,54-55,57-61H2,1-6H3,(H-,66,68,70,71)/b43-39-,56-53-. The highest BCUT2D eigenvalue weighted by Gasteiger charge is 2.27. The van der Waals surface area contributed by atoms with Crippen molar-refractivity contribution in [2.75, 3.05) is 40.9 Å². The van der Waals surface area contributed by atoms with Crippen LogP contribution in [0.5, 0.6) is 0 Å². The number of phosphoric acid groups is 1. The van der Waals surface area contributed by atoms with E-state index in [9.17, 15) is 19.0 Å². The van der Waals surface area contributed by atoms with E-state index in [0.29, 0.717) is 23.9 Å². The minimum absolute atomic E-state index is 0.0208. The molecule has 3 atom stereocenters. The zero-order valence-corrected chi connectivity index (χ0v) is 51.7. The number of unbranched alkanes of at least 4 members (excludes halogenated alkanes) is 42. The number of carbonyl (C=O) groups is 2. The zero-order valence-electron chi connectivity index (χ0n) is 50.8. The predicted molar refractivity (Wildman–Crippen MR) is 321 cm³/mol. The molecule has 0 rings (SSSR count). The fourth-order valence-corrected chi connectivity index (χ4v) is 10.5. The van der Waals surface area contributed by atoms with Crippen molar-refractivity contribution in [3.63, 3.8) is 0 Å². The van der Waals surface area contributed by atoms with Gasteiger partial charge in [-0.2, -0.15) is 0 Å². The van der Waals surface area contributed by atoms with E-state index in [-0.39, 0.29) is 31.5 Å². The summed E-state index contributed by atoms with van der Waals surface area (Å²) in [6.45, 7) is 6.88. The van der Waals surface area contributed by atoms with E-state index < -0.39 is 20.0 Å². The molecule has 1 N–H and O–H groups in total. The number of allylic oxidation sites excluding steroid dienone is 3. The lowest BCUT2D eigenvalue weighted by Gasteiger charge is -2.30. The normalized spacial score (nSPS) is 13.7. The number of hydrogen-bond donors (Lipinski definition) is 1. The molecule has 0 saturated carbocycles. The molecule has 10 heteroatoms. The summed E-state index contributed by atoms with van der Waals surface area (Å²) in [5, 5.41) is 3.04. The van der Waals surface area contributed by atoms with Gasteiger partial charge in [0.25, 0.3) is 7.82 Å². The fourth-order valence-electron chi connectivity index (χ4n) is 9.81. The number of esters is 1. The van der Waals surface area contributed by atoms with Crippen LogP contribution in [0.4, 0.5) is 0 Å². The van der Waals surface area contributed by atoms with Crippen LogP contribution in [-0.2, 0) is 27.9 Å². The summed E-state index contributed by atoms with van der Waals surface area (Å²) >= 11 is 0. The zero-order chi connectivity index (χ0) is 55.0. The Bertz CT molecular complexity index is 1340. The van der Waals surface area contributed by atoms with Gasteiger partial charge in [0.1, 0.15) is 19.3 Å². The highest BCUT2D eigenvalue weighted by molar-refractivity contribution is 7.45. The van der Waals surface area contributed by atoms with Crippen molar-refractivity contribution >= 4 is 19.7 Å². The van der Waals surface area contributed by atoms with Crippen LogP contribution in [0.3, 0.4) is 0 Å². The number of carbonyl (C=O) groups excluding carboxylic acids is 2. The minimum Gasteiger partial charge on any atom is -0.756 e. The third-order valence-electron chi connectivity index (χ3n) is 14.9. The second-order valence-corrected chi connectivity index (χ2v) is 25.0. The first-order valence-corrected chi connectivity index (χ1v) is 34.1. The van der Waals surface area contributed by atoms with Gasteiger partial charge in [-0.05, 0) is 57.4 Å². The van der Waals surface area contributed by atoms with Crippen LogP contribution in [0.15, 0.2) is 24.3 Å². The van der Waals surface area contributed by atoms with Crippen LogP contribution in [0.1, 0.15) is 329 Å². The summed E-state index contributed by atoms with van der Waals surface area (Å²) in [6.07, 6.45) is 65.8. The molecule has 0 heterocycles. The number of rotatable bonds is 60. The molecule has 0 radical (unpaired) electrons. The number of likely N-dealkylation sites (N-methyl/N-ethyl adjacent to an activating group) is 1. The first-order valence-electron chi connectivity index (χ1n) is 32.6. The van der Waals surface area contributed by atoms with Crippen molar-refractivity contribution < 1.29 is 37.3 Å². The maximum Gasteiger partial charge on any atom is 0.306 e. The number of phosphoric ester groups is 1. The first kappa shape index (κ1) is 73.5. The van der Waals surface area contributed by atoms with Gasteiger partial charge in [-0.1, -0.05) is 283 Å².